The lowest BCUT2D eigenvalue weighted by Gasteiger charge is -2.24. The van der Waals surface area contributed by atoms with Crippen molar-refractivity contribution in [3.63, 3.8) is 0 Å². The molecule has 2 rings (SSSR count). The summed E-state index contributed by atoms with van der Waals surface area (Å²) >= 11 is 0. The third-order valence-electron chi connectivity index (χ3n) is 2.00. The molecule has 0 fully saturated rings. The van der Waals surface area contributed by atoms with Gasteiger partial charge in [0.1, 0.15) is 12.4 Å². The largest absolute Gasteiger partial charge is 0.370 e. The standard InChI is InChI=1S/C9H7F3O/c10-7-1-2-8-6(3-7)4-13-5-9(8,11)12/h1-3H,4-5H2. The molecule has 13 heavy (non-hydrogen) atoms. The van der Waals surface area contributed by atoms with E-state index in [1.807, 2.05) is 0 Å². The molecule has 1 aliphatic rings. The zero-order chi connectivity index (χ0) is 9.47. The van der Waals surface area contributed by atoms with Gasteiger partial charge in [-0.1, -0.05) is 0 Å². The van der Waals surface area contributed by atoms with Crippen LogP contribution in [0.25, 0.3) is 0 Å². The summed E-state index contributed by atoms with van der Waals surface area (Å²) in [6, 6.07) is 3.24. The van der Waals surface area contributed by atoms with E-state index in [4.69, 9.17) is 0 Å². The quantitative estimate of drug-likeness (QED) is 0.607. The number of halogens is 3. The number of hydrogen-bond donors (Lipinski definition) is 0. The Hall–Kier alpha value is -1.03. The highest BCUT2D eigenvalue weighted by Crippen LogP contribution is 2.35. The van der Waals surface area contributed by atoms with Crippen LogP contribution in [0.1, 0.15) is 11.1 Å². The first kappa shape index (κ1) is 8.56. The fraction of sp³-hybridized carbons (Fsp3) is 0.333. The van der Waals surface area contributed by atoms with Crippen LogP contribution in [0.2, 0.25) is 0 Å². The molecule has 1 aliphatic heterocycles. The first-order valence-electron chi connectivity index (χ1n) is 3.84. The lowest BCUT2D eigenvalue weighted by Crippen LogP contribution is -2.27. The van der Waals surface area contributed by atoms with Crippen molar-refractivity contribution < 1.29 is 17.9 Å². The van der Waals surface area contributed by atoms with E-state index < -0.39 is 18.3 Å². The Morgan fingerprint density at radius 2 is 2.08 bits per heavy atom. The summed E-state index contributed by atoms with van der Waals surface area (Å²) in [5, 5.41) is 0. The fourth-order valence-electron chi connectivity index (χ4n) is 1.41. The minimum absolute atomic E-state index is 0.0582. The van der Waals surface area contributed by atoms with Crippen LogP contribution < -0.4 is 0 Å². The molecule has 1 nitrogen and oxygen atoms in total. The minimum atomic E-state index is -2.98. The smallest absolute Gasteiger partial charge is 0.296 e. The number of ether oxygens (including phenoxy) is 1. The highest BCUT2D eigenvalue weighted by atomic mass is 19.3. The van der Waals surface area contributed by atoms with E-state index in [1.165, 1.54) is 0 Å². The van der Waals surface area contributed by atoms with Crippen molar-refractivity contribution in [2.75, 3.05) is 6.61 Å². The van der Waals surface area contributed by atoms with Gasteiger partial charge in [0, 0.05) is 5.56 Å². The Bertz CT molecular complexity index is 336. The third kappa shape index (κ3) is 1.42. The van der Waals surface area contributed by atoms with Gasteiger partial charge in [0.25, 0.3) is 5.92 Å². The second-order valence-electron chi connectivity index (χ2n) is 3.00. The molecule has 0 unspecified atom stereocenters. The summed E-state index contributed by atoms with van der Waals surface area (Å²) in [6.07, 6.45) is 0. The zero-order valence-corrected chi connectivity index (χ0v) is 6.69. The second kappa shape index (κ2) is 2.73. The predicted octanol–water partition coefficient (Wildman–Crippen LogP) is 2.45. The molecule has 0 spiro atoms. The first-order chi connectivity index (χ1) is 6.09. The normalized spacial score (nSPS) is 19.6. The van der Waals surface area contributed by atoms with Gasteiger partial charge in [-0.25, -0.2) is 4.39 Å². The summed E-state index contributed by atoms with van der Waals surface area (Å²) < 4.78 is 43.5. The van der Waals surface area contributed by atoms with Gasteiger partial charge in [0.15, 0.2) is 0 Å². The Labute approximate surface area is 73.1 Å². The van der Waals surface area contributed by atoms with Crippen LogP contribution in [0.15, 0.2) is 18.2 Å². The summed E-state index contributed by atoms with van der Waals surface area (Å²) in [5.41, 5.74) is 0.108. The molecule has 0 saturated heterocycles. The Balaban J connectivity index is 2.53. The molecule has 1 aromatic carbocycles. The van der Waals surface area contributed by atoms with Crippen molar-refractivity contribution in [1.29, 1.82) is 0 Å². The second-order valence-corrected chi connectivity index (χ2v) is 3.00. The Morgan fingerprint density at radius 1 is 1.31 bits per heavy atom. The number of benzene rings is 1. The average Bonchev–Trinajstić information content (AvgIpc) is 2.02. The SMILES string of the molecule is Fc1ccc2c(c1)COCC2(F)F. The molecular weight excluding hydrogens is 181 g/mol. The maximum absolute atomic E-state index is 13.1. The molecule has 4 heteroatoms. The molecule has 0 bridgehead atoms. The van der Waals surface area contributed by atoms with Crippen LogP contribution in [0.3, 0.4) is 0 Å². The zero-order valence-electron chi connectivity index (χ0n) is 6.69. The molecule has 0 radical (unpaired) electrons. The topological polar surface area (TPSA) is 9.23 Å². The van der Waals surface area contributed by atoms with Gasteiger partial charge in [-0.2, -0.15) is 8.78 Å². The van der Waals surface area contributed by atoms with Crippen LogP contribution in [-0.2, 0) is 17.3 Å². The van der Waals surface area contributed by atoms with E-state index >= 15 is 0 Å². The lowest BCUT2D eigenvalue weighted by molar-refractivity contribution is -0.103. The highest BCUT2D eigenvalue weighted by molar-refractivity contribution is 5.32. The molecular formula is C9H7F3O. The van der Waals surface area contributed by atoms with Crippen LogP contribution in [-0.4, -0.2) is 6.61 Å². The van der Waals surface area contributed by atoms with Crippen LogP contribution in [0.5, 0.6) is 0 Å². The summed E-state index contributed by atoms with van der Waals surface area (Å²) in [7, 11) is 0. The highest BCUT2D eigenvalue weighted by Gasteiger charge is 2.37. The molecule has 0 aromatic heterocycles. The summed E-state index contributed by atoms with van der Waals surface area (Å²) in [6.45, 7) is -0.561. The molecule has 0 atom stereocenters. The van der Waals surface area contributed by atoms with E-state index in [9.17, 15) is 13.2 Å². The van der Waals surface area contributed by atoms with Crippen LogP contribution in [0.4, 0.5) is 13.2 Å². The number of alkyl halides is 2. The molecule has 1 heterocycles. The van der Waals surface area contributed by atoms with Crippen LogP contribution in [0, 0.1) is 5.82 Å². The van der Waals surface area contributed by atoms with Crippen molar-refractivity contribution >= 4 is 0 Å². The number of fused-ring (bicyclic) bond motifs is 1. The number of hydrogen-bond acceptors (Lipinski definition) is 1. The molecule has 70 valence electrons. The lowest BCUT2D eigenvalue weighted by atomic mass is 10.0. The summed E-state index contributed by atoms with van der Waals surface area (Å²) in [4.78, 5) is 0. The van der Waals surface area contributed by atoms with E-state index in [0.29, 0.717) is 0 Å². The summed E-state index contributed by atoms with van der Waals surface area (Å²) in [5.74, 6) is -3.50. The van der Waals surface area contributed by atoms with Gasteiger partial charge in [-0.05, 0) is 23.8 Å². The van der Waals surface area contributed by atoms with Gasteiger partial charge < -0.3 is 4.74 Å². The van der Waals surface area contributed by atoms with Crippen molar-refractivity contribution in [3.05, 3.63) is 35.1 Å². The molecule has 1 aromatic rings. The van der Waals surface area contributed by atoms with E-state index in [2.05, 4.69) is 4.74 Å². The Morgan fingerprint density at radius 3 is 2.85 bits per heavy atom. The van der Waals surface area contributed by atoms with Crippen molar-refractivity contribution in [3.8, 4) is 0 Å². The molecule has 0 amide bonds. The third-order valence-corrected chi connectivity index (χ3v) is 2.00. The van der Waals surface area contributed by atoms with Gasteiger partial charge >= 0.3 is 0 Å². The molecule has 0 saturated carbocycles. The van der Waals surface area contributed by atoms with Crippen molar-refractivity contribution in [2.24, 2.45) is 0 Å². The molecule has 0 aliphatic carbocycles. The maximum Gasteiger partial charge on any atom is 0.296 e. The van der Waals surface area contributed by atoms with Crippen molar-refractivity contribution in [1.82, 2.24) is 0 Å². The van der Waals surface area contributed by atoms with Crippen molar-refractivity contribution in [2.45, 2.75) is 12.5 Å². The molecule has 0 N–H and O–H groups in total. The number of rotatable bonds is 0. The van der Waals surface area contributed by atoms with Crippen LogP contribution >= 0.6 is 0 Å². The monoisotopic (exact) mass is 188 g/mol. The van der Waals surface area contributed by atoms with Gasteiger partial charge in [-0.15, -0.1) is 0 Å². The van der Waals surface area contributed by atoms with Gasteiger partial charge in [0.05, 0.1) is 6.61 Å². The average molecular weight is 188 g/mol. The Kier molecular flexibility index (Phi) is 1.80. The minimum Gasteiger partial charge on any atom is -0.370 e. The maximum atomic E-state index is 13.1. The van der Waals surface area contributed by atoms with Gasteiger partial charge in [0.2, 0.25) is 0 Å². The first-order valence-corrected chi connectivity index (χ1v) is 3.84. The van der Waals surface area contributed by atoms with E-state index in [0.717, 1.165) is 18.2 Å². The van der Waals surface area contributed by atoms with Gasteiger partial charge in [-0.3, -0.25) is 0 Å². The van der Waals surface area contributed by atoms with E-state index in [1.54, 1.807) is 0 Å². The van der Waals surface area contributed by atoms with E-state index in [-0.39, 0.29) is 17.7 Å². The fourth-order valence-corrected chi connectivity index (χ4v) is 1.41. The predicted molar refractivity (Wildman–Crippen MR) is 40.0 cm³/mol.